The van der Waals surface area contributed by atoms with E-state index in [4.69, 9.17) is 0 Å². The summed E-state index contributed by atoms with van der Waals surface area (Å²) in [7, 11) is 0. The average molecular weight is 453 g/mol. The van der Waals surface area contributed by atoms with E-state index in [-0.39, 0.29) is 17.2 Å². The molecule has 0 aliphatic carbocycles. The van der Waals surface area contributed by atoms with Crippen LogP contribution < -0.4 is 5.32 Å². The van der Waals surface area contributed by atoms with Gasteiger partial charge in [-0.2, -0.15) is 0 Å². The molecule has 1 fully saturated rings. The third-order valence-electron chi connectivity index (χ3n) is 5.94. The number of benzene rings is 4. The van der Waals surface area contributed by atoms with Crippen LogP contribution in [0.4, 0.5) is 0 Å². The van der Waals surface area contributed by atoms with Gasteiger partial charge in [0.1, 0.15) is 5.37 Å². The van der Waals surface area contributed by atoms with Crippen LogP contribution in [-0.4, -0.2) is 22.5 Å². The van der Waals surface area contributed by atoms with E-state index in [0.29, 0.717) is 24.4 Å². The quantitative estimate of drug-likeness (QED) is 0.418. The van der Waals surface area contributed by atoms with E-state index in [1.807, 2.05) is 83.8 Å². The summed E-state index contributed by atoms with van der Waals surface area (Å²) in [6.45, 7) is 1.06. The fourth-order valence-electron chi connectivity index (χ4n) is 4.20. The van der Waals surface area contributed by atoms with E-state index >= 15 is 0 Å². The van der Waals surface area contributed by atoms with Gasteiger partial charge < -0.3 is 10.2 Å². The number of hydrogen-bond donors (Lipinski definition) is 1. The van der Waals surface area contributed by atoms with Gasteiger partial charge in [0.25, 0.3) is 5.91 Å². The van der Waals surface area contributed by atoms with Crippen LogP contribution in [0, 0.1) is 0 Å². The van der Waals surface area contributed by atoms with Crippen LogP contribution in [0.1, 0.15) is 32.4 Å². The standard InChI is InChI=1S/C28H24N2O2S/c31-26-19-33-28(30(26)18-20-7-2-1-3-8-20)23-15-13-22(14-16-23)27(32)29-17-24-11-6-10-21-9-4-5-12-25(21)24/h1-16,28H,17-19H2,(H,29,32)/t28-/m1/s1. The Labute approximate surface area is 197 Å². The molecule has 164 valence electrons. The SMILES string of the molecule is O=C(NCc1cccc2ccccc12)c1ccc([C@H]2SCC(=O)N2Cc2ccccc2)cc1. The highest BCUT2D eigenvalue weighted by atomic mass is 32.2. The molecule has 1 N–H and O–H groups in total. The van der Waals surface area contributed by atoms with Crippen LogP contribution in [0.25, 0.3) is 10.8 Å². The first-order valence-electron chi connectivity index (χ1n) is 11.0. The highest BCUT2D eigenvalue weighted by molar-refractivity contribution is 8.00. The van der Waals surface area contributed by atoms with Gasteiger partial charge in [0.15, 0.2) is 0 Å². The molecule has 0 saturated carbocycles. The lowest BCUT2D eigenvalue weighted by atomic mass is 10.0. The summed E-state index contributed by atoms with van der Waals surface area (Å²) in [5, 5.41) is 5.31. The molecule has 1 aliphatic heterocycles. The smallest absolute Gasteiger partial charge is 0.251 e. The van der Waals surface area contributed by atoms with Crippen molar-refractivity contribution in [3.8, 4) is 0 Å². The number of amides is 2. The van der Waals surface area contributed by atoms with Gasteiger partial charge in [0, 0.05) is 18.7 Å². The van der Waals surface area contributed by atoms with Gasteiger partial charge in [-0.1, -0.05) is 84.9 Å². The molecule has 5 heteroatoms. The molecule has 1 saturated heterocycles. The molecule has 4 aromatic rings. The second kappa shape index (κ2) is 9.51. The van der Waals surface area contributed by atoms with E-state index in [1.165, 1.54) is 0 Å². The summed E-state index contributed by atoms with van der Waals surface area (Å²) >= 11 is 1.63. The van der Waals surface area contributed by atoms with Crippen LogP contribution in [-0.2, 0) is 17.9 Å². The van der Waals surface area contributed by atoms with Crippen LogP contribution in [0.5, 0.6) is 0 Å². The van der Waals surface area contributed by atoms with Crippen molar-refractivity contribution in [1.29, 1.82) is 0 Å². The lowest BCUT2D eigenvalue weighted by molar-refractivity contribution is -0.128. The Morgan fingerprint density at radius 2 is 1.61 bits per heavy atom. The van der Waals surface area contributed by atoms with Gasteiger partial charge in [0.2, 0.25) is 5.91 Å². The van der Waals surface area contributed by atoms with Crippen LogP contribution >= 0.6 is 11.8 Å². The molecule has 0 unspecified atom stereocenters. The molecule has 2 amide bonds. The summed E-state index contributed by atoms with van der Waals surface area (Å²) in [4.78, 5) is 27.2. The number of carbonyl (C=O) groups is 2. The van der Waals surface area contributed by atoms with Gasteiger partial charge in [-0.3, -0.25) is 9.59 Å². The number of fused-ring (bicyclic) bond motifs is 1. The van der Waals surface area contributed by atoms with Crippen molar-refractivity contribution in [3.63, 3.8) is 0 Å². The zero-order chi connectivity index (χ0) is 22.6. The van der Waals surface area contributed by atoms with E-state index in [0.717, 1.165) is 27.5 Å². The second-order valence-corrected chi connectivity index (χ2v) is 9.18. The Morgan fingerprint density at radius 3 is 2.42 bits per heavy atom. The fourth-order valence-corrected chi connectivity index (χ4v) is 5.39. The minimum Gasteiger partial charge on any atom is -0.348 e. The zero-order valence-corrected chi connectivity index (χ0v) is 18.9. The first-order chi connectivity index (χ1) is 16.2. The van der Waals surface area contributed by atoms with Gasteiger partial charge in [-0.25, -0.2) is 0 Å². The number of hydrogen-bond acceptors (Lipinski definition) is 3. The number of rotatable bonds is 6. The Kier molecular flexibility index (Phi) is 6.13. The molecule has 4 nitrogen and oxygen atoms in total. The number of nitrogens with zero attached hydrogens (tertiary/aromatic N) is 1. The van der Waals surface area contributed by atoms with Crippen molar-refractivity contribution in [3.05, 3.63) is 119 Å². The normalized spacial score (nSPS) is 15.7. The van der Waals surface area contributed by atoms with Crippen molar-refractivity contribution in [1.82, 2.24) is 10.2 Å². The lowest BCUT2D eigenvalue weighted by Gasteiger charge is -2.24. The number of nitrogens with one attached hydrogen (secondary N) is 1. The van der Waals surface area contributed by atoms with Gasteiger partial charge >= 0.3 is 0 Å². The van der Waals surface area contributed by atoms with Crippen LogP contribution in [0.15, 0.2) is 97.1 Å². The van der Waals surface area contributed by atoms with Crippen molar-refractivity contribution in [2.24, 2.45) is 0 Å². The van der Waals surface area contributed by atoms with Gasteiger partial charge in [0.05, 0.1) is 5.75 Å². The summed E-state index contributed by atoms with van der Waals surface area (Å²) in [6.07, 6.45) is 0. The minimum absolute atomic E-state index is 0.0366. The molecule has 5 rings (SSSR count). The maximum atomic E-state index is 12.8. The Hall–Kier alpha value is -3.57. The molecule has 1 heterocycles. The third-order valence-corrected chi connectivity index (χ3v) is 7.20. The first-order valence-corrected chi connectivity index (χ1v) is 12.0. The van der Waals surface area contributed by atoms with Crippen LogP contribution in [0.2, 0.25) is 0 Å². The summed E-state index contributed by atoms with van der Waals surface area (Å²) in [5.74, 6) is 0.515. The highest BCUT2D eigenvalue weighted by Gasteiger charge is 2.32. The molecule has 0 radical (unpaired) electrons. The first kappa shape index (κ1) is 21.3. The topological polar surface area (TPSA) is 49.4 Å². The Balaban J connectivity index is 1.27. The molecule has 1 atom stereocenters. The summed E-state index contributed by atoms with van der Waals surface area (Å²) < 4.78 is 0. The highest BCUT2D eigenvalue weighted by Crippen LogP contribution is 2.39. The molecule has 0 aromatic heterocycles. The fraction of sp³-hybridized carbons (Fsp3) is 0.143. The molecule has 1 aliphatic rings. The number of thioether (sulfide) groups is 1. The summed E-state index contributed by atoms with van der Waals surface area (Å²) in [6, 6.07) is 32.0. The zero-order valence-electron chi connectivity index (χ0n) is 18.1. The summed E-state index contributed by atoms with van der Waals surface area (Å²) in [5.41, 5.74) is 3.86. The van der Waals surface area contributed by atoms with Crippen molar-refractivity contribution in [2.75, 3.05) is 5.75 Å². The minimum atomic E-state index is -0.106. The maximum Gasteiger partial charge on any atom is 0.251 e. The van der Waals surface area contributed by atoms with E-state index < -0.39 is 0 Å². The molecule has 0 spiro atoms. The lowest BCUT2D eigenvalue weighted by Crippen LogP contribution is -2.27. The predicted molar refractivity (Wildman–Crippen MR) is 134 cm³/mol. The molecule has 33 heavy (non-hydrogen) atoms. The van der Waals surface area contributed by atoms with Crippen molar-refractivity contribution >= 4 is 34.3 Å². The van der Waals surface area contributed by atoms with E-state index in [2.05, 4.69) is 23.5 Å². The monoisotopic (exact) mass is 452 g/mol. The van der Waals surface area contributed by atoms with Crippen molar-refractivity contribution < 1.29 is 9.59 Å². The van der Waals surface area contributed by atoms with Gasteiger partial charge in [-0.05, 0) is 39.6 Å². The molecule has 0 bridgehead atoms. The predicted octanol–water partition coefficient (Wildman–Crippen LogP) is 5.54. The second-order valence-electron chi connectivity index (χ2n) is 8.11. The van der Waals surface area contributed by atoms with Crippen molar-refractivity contribution in [2.45, 2.75) is 18.5 Å². The number of carbonyl (C=O) groups excluding carboxylic acids is 2. The molecule has 4 aromatic carbocycles. The van der Waals surface area contributed by atoms with E-state index in [1.54, 1.807) is 11.8 Å². The average Bonchev–Trinajstić information content (AvgIpc) is 3.23. The maximum absolute atomic E-state index is 12.8. The van der Waals surface area contributed by atoms with Crippen LogP contribution in [0.3, 0.4) is 0 Å². The van der Waals surface area contributed by atoms with E-state index in [9.17, 15) is 9.59 Å². The van der Waals surface area contributed by atoms with Gasteiger partial charge in [-0.15, -0.1) is 11.8 Å². The molecular weight excluding hydrogens is 428 g/mol. The molecular formula is C28H24N2O2S. The Morgan fingerprint density at radius 1 is 0.879 bits per heavy atom. The third kappa shape index (κ3) is 4.64. The Bertz CT molecular complexity index is 1280. The largest absolute Gasteiger partial charge is 0.348 e.